The van der Waals surface area contributed by atoms with Gasteiger partial charge in [-0.25, -0.2) is 0 Å². The summed E-state index contributed by atoms with van der Waals surface area (Å²) < 4.78 is 0. The summed E-state index contributed by atoms with van der Waals surface area (Å²) in [4.78, 5) is 0. The molecule has 0 bridgehead atoms. The van der Waals surface area contributed by atoms with Crippen LogP contribution >= 0.6 is 11.6 Å². The predicted molar refractivity (Wildman–Crippen MR) is 135 cm³/mol. The molecule has 3 rings (SSSR count). The van der Waals surface area contributed by atoms with E-state index in [2.05, 4.69) is 55.6 Å². The number of benzene rings is 3. The second kappa shape index (κ2) is 10.7. The molecule has 0 amide bonds. The second-order valence-electron chi connectivity index (χ2n) is 9.31. The highest BCUT2D eigenvalue weighted by Gasteiger charge is 2.34. The van der Waals surface area contributed by atoms with Crippen molar-refractivity contribution in [2.75, 3.05) is 0 Å². The Morgan fingerprint density at radius 2 is 1.61 bits per heavy atom. The SMILES string of the molecule is Cc1cccc(C(N[C@@H](C)[C@@H](Cc2ccc(Cl)cc2)c2cccc(C#N)c2)C(C)(C)C#N)c1. The number of nitrogens with zero attached hydrogens (tertiary/aromatic N) is 2. The summed E-state index contributed by atoms with van der Waals surface area (Å²) in [5.74, 6) is 0.0984. The van der Waals surface area contributed by atoms with Crippen LogP contribution in [0.4, 0.5) is 0 Å². The molecule has 0 aliphatic heterocycles. The van der Waals surface area contributed by atoms with Crippen LogP contribution in [0.3, 0.4) is 0 Å². The minimum Gasteiger partial charge on any atom is -0.305 e. The summed E-state index contributed by atoms with van der Waals surface area (Å²) in [5.41, 5.74) is 4.58. The smallest absolute Gasteiger partial charge is 0.0991 e. The number of nitriles is 2. The summed E-state index contributed by atoms with van der Waals surface area (Å²) in [6.45, 7) is 8.18. The van der Waals surface area contributed by atoms with E-state index in [1.165, 1.54) is 11.1 Å². The Kier molecular flexibility index (Phi) is 7.93. The fourth-order valence-corrected chi connectivity index (χ4v) is 4.44. The van der Waals surface area contributed by atoms with Crippen molar-refractivity contribution in [2.24, 2.45) is 5.41 Å². The minimum atomic E-state index is -0.610. The van der Waals surface area contributed by atoms with Crippen molar-refractivity contribution in [3.63, 3.8) is 0 Å². The fourth-order valence-electron chi connectivity index (χ4n) is 4.31. The van der Waals surface area contributed by atoms with Gasteiger partial charge in [0.2, 0.25) is 0 Å². The molecule has 1 unspecified atom stereocenters. The Labute approximate surface area is 202 Å². The molecule has 3 aromatic rings. The lowest BCUT2D eigenvalue weighted by molar-refractivity contribution is 0.281. The molecule has 0 fully saturated rings. The largest absolute Gasteiger partial charge is 0.305 e. The topological polar surface area (TPSA) is 59.6 Å². The van der Waals surface area contributed by atoms with Crippen LogP contribution < -0.4 is 5.32 Å². The van der Waals surface area contributed by atoms with Gasteiger partial charge in [-0.05, 0) is 75.1 Å². The molecule has 0 aliphatic carbocycles. The molecule has 3 aromatic carbocycles. The summed E-state index contributed by atoms with van der Waals surface area (Å²) in [5, 5.41) is 23.9. The molecular weight excluding hydrogens is 426 g/mol. The Balaban J connectivity index is 1.99. The van der Waals surface area contributed by atoms with E-state index in [9.17, 15) is 10.5 Å². The van der Waals surface area contributed by atoms with Crippen molar-refractivity contribution < 1.29 is 0 Å². The van der Waals surface area contributed by atoms with Gasteiger partial charge in [0, 0.05) is 17.0 Å². The summed E-state index contributed by atoms with van der Waals surface area (Å²) >= 11 is 6.10. The normalized spacial score (nSPS) is 14.0. The van der Waals surface area contributed by atoms with Crippen molar-refractivity contribution in [1.82, 2.24) is 5.32 Å². The number of nitrogens with one attached hydrogen (secondary N) is 1. The zero-order valence-corrected chi connectivity index (χ0v) is 20.4. The first-order chi connectivity index (χ1) is 15.7. The van der Waals surface area contributed by atoms with Crippen molar-refractivity contribution in [2.45, 2.75) is 52.1 Å². The maximum atomic E-state index is 9.95. The van der Waals surface area contributed by atoms with E-state index >= 15 is 0 Å². The van der Waals surface area contributed by atoms with Gasteiger partial charge in [0.05, 0.1) is 29.2 Å². The molecule has 4 heteroatoms. The standard InChI is InChI=1S/C29H30ClN3/c1-20-7-5-10-25(15-20)28(29(3,4)19-32)33-21(2)27(17-22-11-13-26(30)14-12-22)24-9-6-8-23(16-24)18-31/h5-16,21,27-28,33H,17H2,1-4H3/t21-,27+,28?/m0/s1. The van der Waals surface area contributed by atoms with Crippen LogP contribution in [0.2, 0.25) is 5.02 Å². The van der Waals surface area contributed by atoms with E-state index in [0.29, 0.717) is 10.6 Å². The molecule has 0 aromatic heterocycles. The number of rotatable bonds is 8. The first kappa shape index (κ1) is 24.5. The van der Waals surface area contributed by atoms with Gasteiger partial charge < -0.3 is 5.32 Å². The van der Waals surface area contributed by atoms with Crippen molar-refractivity contribution >= 4 is 11.6 Å². The van der Waals surface area contributed by atoms with E-state index in [1.54, 1.807) is 0 Å². The zero-order valence-electron chi connectivity index (χ0n) is 19.6. The Morgan fingerprint density at radius 1 is 0.939 bits per heavy atom. The molecule has 0 radical (unpaired) electrons. The number of halogens is 1. The highest BCUT2D eigenvalue weighted by Crippen LogP contribution is 2.36. The fraction of sp³-hybridized carbons (Fsp3) is 0.310. The van der Waals surface area contributed by atoms with Crippen LogP contribution in [0.1, 0.15) is 60.5 Å². The Bertz CT molecular complexity index is 1170. The molecule has 0 spiro atoms. The molecule has 3 nitrogen and oxygen atoms in total. The van der Waals surface area contributed by atoms with Crippen molar-refractivity contribution in [3.05, 3.63) is 106 Å². The maximum Gasteiger partial charge on any atom is 0.0991 e. The van der Waals surface area contributed by atoms with Gasteiger partial charge in [-0.2, -0.15) is 10.5 Å². The molecule has 0 aliphatic rings. The zero-order chi connectivity index (χ0) is 24.0. The predicted octanol–water partition coefficient (Wildman–Crippen LogP) is 7.12. The summed E-state index contributed by atoms with van der Waals surface area (Å²) in [6, 6.07) is 28.7. The van der Waals surface area contributed by atoms with E-state index in [0.717, 1.165) is 17.5 Å². The quantitative estimate of drug-likeness (QED) is 0.393. The van der Waals surface area contributed by atoms with Crippen LogP contribution in [0, 0.1) is 35.0 Å². The molecule has 0 heterocycles. The van der Waals surface area contributed by atoms with Gasteiger partial charge >= 0.3 is 0 Å². The molecule has 3 atom stereocenters. The average Bonchev–Trinajstić information content (AvgIpc) is 2.81. The van der Waals surface area contributed by atoms with Gasteiger partial charge in [-0.3, -0.25) is 0 Å². The van der Waals surface area contributed by atoms with E-state index in [1.807, 2.05) is 62.4 Å². The second-order valence-corrected chi connectivity index (χ2v) is 9.75. The van der Waals surface area contributed by atoms with Crippen molar-refractivity contribution in [1.29, 1.82) is 10.5 Å². The molecule has 1 N–H and O–H groups in total. The highest BCUT2D eigenvalue weighted by atomic mass is 35.5. The molecule has 0 saturated heterocycles. The average molecular weight is 456 g/mol. The third kappa shape index (κ3) is 6.23. The number of hydrogen-bond acceptors (Lipinski definition) is 3. The summed E-state index contributed by atoms with van der Waals surface area (Å²) in [6.07, 6.45) is 0.785. The monoisotopic (exact) mass is 455 g/mol. The van der Waals surface area contributed by atoms with Crippen molar-refractivity contribution in [3.8, 4) is 12.1 Å². The third-order valence-electron chi connectivity index (χ3n) is 6.23. The first-order valence-corrected chi connectivity index (χ1v) is 11.6. The number of aryl methyl sites for hydroxylation is 1. The summed E-state index contributed by atoms with van der Waals surface area (Å²) in [7, 11) is 0. The van der Waals surface area contributed by atoms with Gasteiger partial charge in [-0.15, -0.1) is 0 Å². The van der Waals surface area contributed by atoms with Crippen LogP contribution in [-0.4, -0.2) is 6.04 Å². The lowest BCUT2D eigenvalue weighted by Gasteiger charge is -2.36. The van der Waals surface area contributed by atoms with Gasteiger partial charge in [-0.1, -0.05) is 65.7 Å². The number of hydrogen-bond donors (Lipinski definition) is 1. The van der Waals surface area contributed by atoms with Crippen LogP contribution in [-0.2, 0) is 6.42 Å². The molecule has 0 saturated carbocycles. The van der Waals surface area contributed by atoms with Crippen LogP contribution in [0.25, 0.3) is 0 Å². The third-order valence-corrected chi connectivity index (χ3v) is 6.48. The molecular formula is C29H30ClN3. The van der Waals surface area contributed by atoms with Gasteiger partial charge in [0.1, 0.15) is 0 Å². The molecule has 33 heavy (non-hydrogen) atoms. The lowest BCUT2D eigenvalue weighted by atomic mass is 9.79. The first-order valence-electron chi connectivity index (χ1n) is 11.2. The minimum absolute atomic E-state index is 0.0350. The Morgan fingerprint density at radius 3 is 2.24 bits per heavy atom. The van der Waals surface area contributed by atoms with Gasteiger partial charge in [0.25, 0.3) is 0 Å². The van der Waals surface area contributed by atoms with Crippen LogP contribution in [0.15, 0.2) is 72.8 Å². The van der Waals surface area contributed by atoms with Crippen LogP contribution in [0.5, 0.6) is 0 Å². The molecule has 168 valence electrons. The maximum absolute atomic E-state index is 9.95. The van der Waals surface area contributed by atoms with E-state index < -0.39 is 5.41 Å². The van der Waals surface area contributed by atoms with E-state index in [4.69, 9.17) is 11.6 Å². The lowest BCUT2D eigenvalue weighted by Crippen LogP contribution is -2.42. The Hall–Kier alpha value is -3.11. The van der Waals surface area contributed by atoms with E-state index in [-0.39, 0.29) is 18.0 Å². The highest BCUT2D eigenvalue weighted by molar-refractivity contribution is 6.30. The van der Waals surface area contributed by atoms with Gasteiger partial charge in [0.15, 0.2) is 0 Å².